The van der Waals surface area contributed by atoms with Crippen molar-refractivity contribution in [3.8, 4) is 0 Å². The molecular formula is C38H30BrN7O6. The first-order chi connectivity index (χ1) is 25.3. The Morgan fingerprint density at radius 3 is 1.54 bits per heavy atom. The zero-order valence-electron chi connectivity index (χ0n) is 27.9. The van der Waals surface area contributed by atoms with Gasteiger partial charge in [-0.1, -0.05) is 81.7 Å². The molecule has 13 nitrogen and oxygen atoms in total. The number of nitrogens with one attached hydrogen (secondary N) is 2. The normalized spacial score (nSPS) is 10.3. The first-order valence-corrected chi connectivity index (χ1v) is 16.7. The Kier molecular flexibility index (Phi) is 12.2. The van der Waals surface area contributed by atoms with Crippen molar-refractivity contribution in [1.29, 1.82) is 0 Å². The van der Waals surface area contributed by atoms with Crippen molar-refractivity contribution in [2.45, 2.75) is 11.9 Å². The third-order valence-corrected chi connectivity index (χ3v) is 8.44. The van der Waals surface area contributed by atoms with Crippen molar-refractivity contribution in [1.82, 2.24) is 9.97 Å². The lowest BCUT2D eigenvalue weighted by Gasteiger charge is -2.12. The molecule has 6 rings (SSSR count). The fraction of sp³-hybridized carbons (Fsp3) is 0.105. The number of carbonyl (C=O) groups is 4. The van der Waals surface area contributed by atoms with Gasteiger partial charge in [-0.3, -0.25) is 9.59 Å². The third-order valence-electron chi connectivity index (χ3n) is 7.84. The number of halogens is 1. The van der Waals surface area contributed by atoms with Gasteiger partial charge in [-0.25, -0.2) is 19.6 Å². The smallest absolute Gasteiger partial charge is 0.358 e. The number of fused-ring (bicyclic) bond motifs is 2. The van der Waals surface area contributed by atoms with E-state index >= 15 is 0 Å². The van der Waals surface area contributed by atoms with Crippen LogP contribution in [0.4, 0.5) is 11.4 Å². The highest BCUT2D eigenvalue weighted by atomic mass is 79.9. The number of hydrogen-bond acceptors (Lipinski definition) is 9. The van der Waals surface area contributed by atoms with E-state index in [0.29, 0.717) is 27.5 Å². The number of aromatic nitrogens is 2. The molecule has 260 valence electrons. The van der Waals surface area contributed by atoms with Gasteiger partial charge < -0.3 is 20.1 Å². The average molecular weight is 761 g/mol. The van der Waals surface area contributed by atoms with Crippen LogP contribution in [-0.2, 0) is 21.3 Å². The second kappa shape index (κ2) is 17.3. The minimum absolute atomic E-state index is 0.0256. The highest BCUT2D eigenvalue weighted by molar-refractivity contribution is 9.08. The van der Waals surface area contributed by atoms with Crippen molar-refractivity contribution in [2.75, 3.05) is 24.9 Å². The number of carbonyl (C=O) groups excluding carboxylic acids is 4. The summed E-state index contributed by atoms with van der Waals surface area (Å²) in [5.74, 6) is -1.94. The van der Waals surface area contributed by atoms with E-state index < -0.39 is 11.9 Å². The Morgan fingerprint density at radius 1 is 0.654 bits per heavy atom. The summed E-state index contributed by atoms with van der Waals surface area (Å²) >= 11 is 3.47. The molecular weight excluding hydrogens is 730 g/mol. The summed E-state index contributed by atoms with van der Waals surface area (Å²) in [5, 5.41) is 13.1. The van der Waals surface area contributed by atoms with Crippen LogP contribution in [0.25, 0.3) is 32.0 Å². The Bertz CT molecular complexity index is 2360. The molecule has 0 aliphatic carbocycles. The maximum absolute atomic E-state index is 12.8. The second-order valence-corrected chi connectivity index (χ2v) is 11.4. The molecule has 2 aromatic heterocycles. The summed E-state index contributed by atoms with van der Waals surface area (Å²) in [6.45, 7) is 0.188. The molecule has 0 saturated carbocycles. The number of nitrogens with zero attached hydrogens (tertiary/aromatic N) is 5. The van der Waals surface area contributed by atoms with Gasteiger partial charge in [0, 0.05) is 33.8 Å². The van der Waals surface area contributed by atoms with E-state index in [9.17, 15) is 19.2 Å². The molecule has 6 aromatic rings. The van der Waals surface area contributed by atoms with Crippen molar-refractivity contribution in [2.24, 2.45) is 5.11 Å². The van der Waals surface area contributed by atoms with Crippen LogP contribution in [0.2, 0.25) is 0 Å². The number of ether oxygens (including phenoxy) is 2. The zero-order valence-corrected chi connectivity index (χ0v) is 29.5. The Balaban J connectivity index is 0.000000202. The summed E-state index contributed by atoms with van der Waals surface area (Å²) in [4.78, 5) is 60.0. The third kappa shape index (κ3) is 8.21. The van der Waals surface area contributed by atoms with Crippen molar-refractivity contribution < 1.29 is 28.7 Å². The summed E-state index contributed by atoms with van der Waals surface area (Å²) in [7, 11) is 2.52. The lowest BCUT2D eigenvalue weighted by atomic mass is 9.99. The van der Waals surface area contributed by atoms with Crippen LogP contribution in [0, 0.1) is 0 Å². The Morgan fingerprint density at radius 2 is 1.10 bits per heavy atom. The molecule has 0 saturated heterocycles. The molecule has 52 heavy (non-hydrogen) atoms. The zero-order chi connectivity index (χ0) is 37.0. The molecule has 2 N–H and O–H groups in total. The quantitative estimate of drug-likeness (QED) is 0.0485. The predicted molar refractivity (Wildman–Crippen MR) is 200 cm³/mol. The molecule has 0 bridgehead atoms. The fourth-order valence-electron chi connectivity index (χ4n) is 5.39. The molecule has 0 spiro atoms. The maximum atomic E-state index is 12.8. The van der Waals surface area contributed by atoms with Gasteiger partial charge in [-0.2, -0.15) is 0 Å². The average Bonchev–Trinajstić information content (AvgIpc) is 3.19. The van der Waals surface area contributed by atoms with Gasteiger partial charge in [0.05, 0.1) is 32.1 Å². The van der Waals surface area contributed by atoms with Crippen LogP contribution in [0.3, 0.4) is 0 Å². The largest absolute Gasteiger partial charge is 0.464 e. The minimum Gasteiger partial charge on any atom is -0.464 e. The van der Waals surface area contributed by atoms with Gasteiger partial charge in [0.2, 0.25) is 0 Å². The predicted octanol–water partition coefficient (Wildman–Crippen LogP) is 8.25. The Labute approximate surface area is 305 Å². The molecule has 2 amide bonds. The van der Waals surface area contributed by atoms with E-state index in [1.807, 2.05) is 54.6 Å². The molecule has 0 aliphatic rings. The molecule has 4 aromatic carbocycles. The minimum atomic E-state index is -0.638. The van der Waals surface area contributed by atoms with E-state index in [-0.39, 0.29) is 35.4 Å². The number of anilines is 2. The van der Waals surface area contributed by atoms with Crippen molar-refractivity contribution in [3.05, 3.63) is 154 Å². The number of pyridine rings is 2. The monoisotopic (exact) mass is 759 g/mol. The standard InChI is InChI=1S/C19H15BrN2O3.C19H15N5O3/c1-25-19(24)17-16(7-4-10-21-17)22-18(23)15-9-8-12(11-20)13-5-2-3-6-14(13)15;1-27-19(26)17-16(7-4-10-21-17)23-18(25)15-9-8-12(11-22-24-20)13-5-2-3-6-14(13)15/h2-10H,11H2,1H3,(H,22,23);2-10H,11H2,1H3,(H,23,25). The highest BCUT2D eigenvalue weighted by Crippen LogP contribution is 2.27. The lowest BCUT2D eigenvalue weighted by molar-refractivity contribution is 0.0586. The van der Waals surface area contributed by atoms with E-state index in [1.54, 1.807) is 42.5 Å². The van der Waals surface area contributed by atoms with Crippen LogP contribution < -0.4 is 10.6 Å². The Hall–Kier alpha value is -6.63. The van der Waals surface area contributed by atoms with E-state index in [4.69, 9.17) is 15.0 Å². The number of rotatable bonds is 9. The number of methoxy groups -OCH3 is 2. The number of hydrogen-bond donors (Lipinski definition) is 2. The van der Waals surface area contributed by atoms with Gasteiger partial charge in [0.1, 0.15) is 0 Å². The molecule has 14 heteroatoms. The summed E-state index contributed by atoms with van der Waals surface area (Å²) in [6, 6.07) is 28.6. The van der Waals surface area contributed by atoms with Gasteiger partial charge in [-0.05, 0) is 74.6 Å². The van der Waals surface area contributed by atoms with E-state index in [2.05, 4.69) is 46.6 Å². The second-order valence-electron chi connectivity index (χ2n) is 10.8. The number of amides is 2. The molecule has 2 heterocycles. The number of esters is 2. The van der Waals surface area contributed by atoms with E-state index in [1.165, 1.54) is 26.6 Å². The summed E-state index contributed by atoms with van der Waals surface area (Å²) in [6.07, 6.45) is 2.92. The topological polar surface area (TPSA) is 185 Å². The highest BCUT2D eigenvalue weighted by Gasteiger charge is 2.19. The molecule has 0 aliphatic heterocycles. The van der Waals surface area contributed by atoms with Gasteiger partial charge in [-0.15, -0.1) is 0 Å². The van der Waals surface area contributed by atoms with Crippen LogP contribution in [0.5, 0.6) is 0 Å². The van der Waals surface area contributed by atoms with Gasteiger partial charge in [0.25, 0.3) is 11.8 Å². The number of benzene rings is 4. The van der Waals surface area contributed by atoms with Gasteiger partial charge >= 0.3 is 11.9 Å². The summed E-state index contributed by atoms with van der Waals surface area (Å²) in [5.41, 5.74) is 12.1. The molecule has 0 unspecified atom stereocenters. The van der Waals surface area contributed by atoms with Crippen LogP contribution in [-0.4, -0.2) is 47.9 Å². The molecule has 0 atom stereocenters. The number of azide groups is 1. The fourth-order valence-corrected chi connectivity index (χ4v) is 5.88. The first kappa shape index (κ1) is 36.6. The van der Waals surface area contributed by atoms with Gasteiger partial charge in [0.15, 0.2) is 11.4 Å². The molecule has 0 radical (unpaired) electrons. The lowest BCUT2D eigenvalue weighted by Crippen LogP contribution is -2.17. The summed E-state index contributed by atoms with van der Waals surface area (Å²) < 4.78 is 9.40. The SMILES string of the molecule is COC(=O)c1ncccc1NC(=O)c1ccc(CBr)c2ccccc12.COC(=O)c1ncccc1NC(=O)c1ccc(CN=[N+]=[N-])c2ccccc12. The van der Waals surface area contributed by atoms with Crippen LogP contribution in [0.15, 0.2) is 115 Å². The van der Waals surface area contributed by atoms with Crippen molar-refractivity contribution >= 4 is 72.6 Å². The van der Waals surface area contributed by atoms with E-state index in [0.717, 1.165) is 27.3 Å². The maximum Gasteiger partial charge on any atom is 0.358 e. The number of alkyl halides is 1. The van der Waals surface area contributed by atoms with Crippen LogP contribution in [0.1, 0.15) is 52.8 Å². The molecule has 0 fully saturated rings. The van der Waals surface area contributed by atoms with Crippen molar-refractivity contribution in [3.63, 3.8) is 0 Å². The van der Waals surface area contributed by atoms with Crippen LogP contribution >= 0.6 is 15.9 Å². The first-order valence-electron chi connectivity index (χ1n) is 15.6.